The summed E-state index contributed by atoms with van der Waals surface area (Å²) >= 11 is 1.38. The van der Waals surface area contributed by atoms with E-state index in [4.69, 9.17) is 0 Å². The molecule has 2 N–H and O–H groups in total. The molecule has 0 aliphatic rings. The number of anilines is 2. The molecule has 0 fully saturated rings. The lowest BCUT2D eigenvalue weighted by atomic mass is 10.2. The van der Waals surface area contributed by atoms with Gasteiger partial charge in [0.05, 0.1) is 10.6 Å². The molecule has 2 aromatic heterocycles. The monoisotopic (exact) mass is 413 g/mol. The third-order valence-corrected chi connectivity index (χ3v) is 5.59. The van der Waals surface area contributed by atoms with Crippen LogP contribution in [-0.2, 0) is 16.6 Å². The Morgan fingerprint density at radius 1 is 1.14 bits per heavy atom. The molecule has 0 saturated heterocycles. The summed E-state index contributed by atoms with van der Waals surface area (Å²) in [5.74, 6) is -0.623. The fourth-order valence-corrected chi connectivity index (χ4v) is 4.10. The number of hydrogen-bond acceptors (Lipinski definition) is 5. The Morgan fingerprint density at radius 2 is 1.76 bits per heavy atom. The normalized spacial score (nSPS) is 10.8. The van der Waals surface area contributed by atoms with Crippen LogP contribution in [0.15, 0.2) is 30.3 Å². The van der Waals surface area contributed by atoms with Crippen molar-refractivity contribution in [3.05, 3.63) is 40.9 Å². The summed E-state index contributed by atoms with van der Waals surface area (Å²) in [6, 6.07) is 8.64. The van der Waals surface area contributed by atoms with E-state index in [1.54, 1.807) is 28.9 Å². The molecule has 0 atom stereocenters. The van der Waals surface area contributed by atoms with Crippen molar-refractivity contribution in [3.8, 4) is 0 Å². The number of aromatic nitrogens is 2. The average molecular weight is 414 g/mol. The Hall–Kier alpha value is -3.20. The summed E-state index contributed by atoms with van der Waals surface area (Å²) in [5.41, 5.74) is 2.12. The molecule has 0 spiro atoms. The van der Waals surface area contributed by atoms with Crippen molar-refractivity contribution in [1.82, 2.24) is 14.7 Å². The van der Waals surface area contributed by atoms with Gasteiger partial charge in [-0.15, -0.1) is 11.3 Å². The number of carbonyl (C=O) groups is 3. The van der Waals surface area contributed by atoms with Crippen LogP contribution in [0, 0.1) is 6.92 Å². The molecule has 0 radical (unpaired) electrons. The van der Waals surface area contributed by atoms with Gasteiger partial charge in [0.25, 0.3) is 5.91 Å². The van der Waals surface area contributed by atoms with Gasteiger partial charge >= 0.3 is 0 Å². The van der Waals surface area contributed by atoms with Gasteiger partial charge in [0, 0.05) is 37.3 Å². The molecule has 0 aliphatic carbocycles. The topological polar surface area (TPSA) is 96.3 Å². The summed E-state index contributed by atoms with van der Waals surface area (Å²) < 4.78 is 1.76. The van der Waals surface area contributed by atoms with Crippen LogP contribution in [0.1, 0.15) is 29.2 Å². The number of benzene rings is 1. The van der Waals surface area contributed by atoms with Crippen molar-refractivity contribution in [2.24, 2.45) is 7.05 Å². The SMILES string of the molecule is CCN(CC(=O)Nc1ccc(NC(C)=O)cc1)C(=O)c1cc2c(C)nn(C)c2s1. The molecule has 0 unspecified atom stereocenters. The third-order valence-electron chi connectivity index (χ3n) is 4.40. The zero-order valence-corrected chi connectivity index (χ0v) is 17.6. The second kappa shape index (κ2) is 8.44. The third kappa shape index (κ3) is 4.62. The first kappa shape index (κ1) is 20.5. The summed E-state index contributed by atoms with van der Waals surface area (Å²) in [4.78, 5) is 39.4. The largest absolute Gasteiger partial charge is 0.329 e. The highest BCUT2D eigenvalue weighted by Crippen LogP contribution is 2.28. The minimum Gasteiger partial charge on any atom is -0.329 e. The first-order valence-electron chi connectivity index (χ1n) is 9.18. The predicted octanol–water partition coefficient (Wildman–Crippen LogP) is 3.00. The number of likely N-dealkylation sites (N-methyl/N-ethyl adjacent to an activating group) is 1. The smallest absolute Gasteiger partial charge is 0.264 e. The van der Waals surface area contributed by atoms with Crippen LogP contribution in [0.4, 0.5) is 11.4 Å². The fourth-order valence-electron chi connectivity index (χ4n) is 3.01. The van der Waals surface area contributed by atoms with Gasteiger partial charge in [-0.3, -0.25) is 19.1 Å². The van der Waals surface area contributed by atoms with Gasteiger partial charge in [0.15, 0.2) is 0 Å². The molecule has 0 bridgehead atoms. The highest BCUT2D eigenvalue weighted by atomic mass is 32.1. The number of thiophene rings is 1. The lowest BCUT2D eigenvalue weighted by Gasteiger charge is -2.19. The minimum atomic E-state index is -0.286. The van der Waals surface area contributed by atoms with Gasteiger partial charge in [-0.25, -0.2) is 0 Å². The van der Waals surface area contributed by atoms with Crippen LogP contribution in [-0.4, -0.2) is 45.5 Å². The molecule has 8 nitrogen and oxygen atoms in total. The van der Waals surface area contributed by atoms with E-state index in [0.29, 0.717) is 22.8 Å². The van der Waals surface area contributed by atoms with Gasteiger partial charge in [0.2, 0.25) is 11.8 Å². The van der Waals surface area contributed by atoms with Crippen molar-refractivity contribution >= 4 is 50.6 Å². The molecule has 9 heteroatoms. The average Bonchev–Trinajstić information content (AvgIpc) is 3.22. The highest BCUT2D eigenvalue weighted by Gasteiger charge is 2.21. The van der Waals surface area contributed by atoms with Gasteiger partial charge < -0.3 is 15.5 Å². The maximum absolute atomic E-state index is 12.9. The second-order valence-corrected chi connectivity index (χ2v) is 7.70. The lowest BCUT2D eigenvalue weighted by molar-refractivity contribution is -0.117. The number of nitrogens with one attached hydrogen (secondary N) is 2. The molecule has 3 rings (SSSR count). The van der Waals surface area contributed by atoms with E-state index in [1.807, 2.05) is 27.0 Å². The summed E-state index contributed by atoms with van der Waals surface area (Å²) in [6.45, 7) is 5.55. The molecule has 1 aromatic carbocycles. The number of hydrogen-bond donors (Lipinski definition) is 2. The van der Waals surface area contributed by atoms with E-state index in [0.717, 1.165) is 15.9 Å². The van der Waals surface area contributed by atoms with E-state index in [1.165, 1.54) is 23.2 Å². The Labute approximate surface area is 172 Å². The first-order chi connectivity index (χ1) is 13.8. The molecular formula is C20H23N5O3S. The van der Waals surface area contributed by atoms with Gasteiger partial charge in [-0.1, -0.05) is 0 Å². The standard InChI is InChI=1S/C20H23N5O3S/c1-5-25(19(28)17-10-16-12(2)23-24(4)20(16)29-17)11-18(27)22-15-8-6-14(7-9-15)21-13(3)26/h6-10H,5,11H2,1-4H3,(H,21,26)(H,22,27). The maximum atomic E-state index is 12.9. The van der Waals surface area contributed by atoms with Crippen molar-refractivity contribution in [1.29, 1.82) is 0 Å². The number of amides is 3. The van der Waals surface area contributed by atoms with Crippen LogP contribution in [0.5, 0.6) is 0 Å². The number of rotatable bonds is 6. The Morgan fingerprint density at radius 3 is 2.31 bits per heavy atom. The second-order valence-electron chi connectivity index (χ2n) is 6.66. The van der Waals surface area contributed by atoms with Crippen molar-refractivity contribution in [2.75, 3.05) is 23.7 Å². The fraction of sp³-hybridized carbons (Fsp3) is 0.300. The van der Waals surface area contributed by atoms with Crippen LogP contribution in [0.2, 0.25) is 0 Å². The zero-order valence-electron chi connectivity index (χ0n) is 16.8. The molecular weight excluding hydrogens is 390 g/mol. The van der Waals surface area contributed by atoms with Crippen LogP contribution in [0.25, 0.3) is 10.2 Å². The maximum Gasteiger partial charge on any atom is 0.264 e. The highest BCUT2D eigenvalue weighted by molar-refractivity contribution is 7.20. The van der Waals surface area contributed by atoms with Crippen LogP contribution in [0.3, 0.4) is 0 Å². The number of aryl methyl sites for hydroxylation is 2. The Kier molecular flexibility index (Phi) is 5.97. The number of carbonyl (C=O) groups excluding carboxylic acids is 3. The summed E-state index contributed by atoms with van der Waals surface area (Å²) in [6.07, 6.45) is 0. The molecule has 2 heterocycles. The van der Waals surface area contributed by atoms with Gasteiger partial charge in [-0.2, -0.15) is 5.10 Å². The quantitative estimate of drug-likeness (QED) is 0.649. The minimum absolute atomic E-state index is 0.0474. The van der Waals surface area contributed by atoms with E-state index in [2.05, 4.69) is 15.7 Å². The Bertz CT molecular complexity index is 1030. The molecule has 3 amide bonds. The van der Waals surface area contributed by atoms with E-state index >= 15 is 0 Å². The van der Waals surface area contributed by atoms with Crippen molar-refractivity contribution in [3.63, 3.8) is 0 Å². The van der Waals surface area contributed by atoms with Crippen molar-refractivity contribution < 1.29 is 14.4 Å². The predicted molar refractivity (Wildman–Crippen MR) is 114 cm³/mol. The van der Waals surface area contributed by atoms with Crippen LogP contribution < -0.4 is 10.6 Å². The molecule has 0 aliphatic heterocycles. The lowest BCUT2D eigenvalue weighted by Crippen LogP contribution is -2.37. The van der Waals surface area contributed by atoms with E-state index in [9.17, 15) is 14.4 Å². The van der Waals surface area contributed by atoms with Crippen LogP contribution >= 0.6 is 11.3 Å². The zero-order chi connectivity index (χ0) is 21.1. The number of fused-ring (bicyclic) bond motifs is 1. The molecule has 152 valence electrons. The van der Waals surface area contributed by atoms with E-state index in [-0.39, 0.29) is 24.3 Å². The van der Waals surface area contributed by atoms with Gasteiger partial charge in [-0.05, 0) is 44.2 Å². The molecule has 0 saturated carbocycles. The van der Waals surface area contributed by atoms with Crippen molar-refractivity contribution in [2.45, 2.75) is 20.8 Å². The van der Waals surface area contributed by atoms with E-state index < -0.39 is 0 Å². The van der Waals surface area contributed by atoms with Gasteiger partial charge in [0.1, 0.15) is 11.4 Å². The number of nitrogens with zero attached hydrogens (tertiary/aromatic N) is 3. The summed E-state index contributed by atoms with van der Waals surface area (Å²) in [7, 11) is 1.85. The Balaban J connectivity index is 1.66. The summed E-state index contributed by atoms with van der Waals surface area (Å²) in [5, 5.41) is 10.8. The first-order valence-corrected chi connectivity index (χ1v) is 10.00. The molecule has 29 heavy (non-hydrogen) atoms. The molecule has 3 aromatic rings.